The fraction of sp³-hybridized carbons (Fsp3) is 0.667. The molecule has 0 radical (unpaired) electrons. The minimum atomic E-state index is 0.0971. The number of piperazine rings is 1. The van der Waals surface area contributed by atoms with Crippen LogP contribution in [0, 0.1) is 0 Å². The predicted octanol–water partition coefficient (Wildman–Crippen LogP) is 3.48. The van der Waals surface area contributed by atoms with E-state index in [1.807, 2.05) is 0 Å². The Balaban J connectivity index is 1.76. The number of hydrogen-bond donors (Lipinski definition) is 1. The number of nitrogens with zero attached hydrogens (tertiary/aromatic N) is 1. The molecule has 1 aromatic rings. The maximum absolute atomic E-state index is 3.77. The lowest BCUT2D eigenvalue weighted by Crippen LogP contribution is -2.60. The number of nitrogens with one attached hydrogen (secondary N) is 1. The van der Waals surface area contributed by atoms with Crippen LogP contribution >= 0.6 is 11.8 Å². The quantitative estimate of drug-likeness (QED) is 0.920. The molecule has 1 aliphatic heterocycles. The Bertz CT molecular complexity index is 450. The van der Waals surface area contributed by atoms with Crippen molar-refractivity contribution < 1.29 is 0 Å². The Morgan fingerprint density at radius 2 is 1.95 bits per heavy atom. The monoisotopic (exact) mass is 304 g/mol. The lowest BCUT2D eigenvalue weighted by atomic mass is 9.86. The van der Waals surface area contributed by atoms with Crippen molar-refractivity contribution in [2.24, 2.45) is 0 Å². The molecule has 1 aliphatic carbocycles. The van der Waals surface area contributed by atoms with E-state index in [2.05, 4.69) is 65.5 Å². The molecule has 1 N–H and O–H groups in total. The summed E-state index contributed by atoms with van der Waals surface area (Å²) in [4.78, 5) is 2.77. The average Bonchev–Trinajstić information content (AvgIpc) is 2.56. The van der Waals surface area contributed by atoms with Crippen LogP contribution in [0.2, 0.25) is 0 Å². The van der Waals surface area contributed by atoms with E-state index in [1.165, 1.54) is 37.8 Å². The minimum absolute atomic E-state index is 0.0971. The lowest BCUT2D eigenvalue weighted by molar-refractivity contribution is 0.0830. The molecule has 0 spiro atoms. The van der Waals surface area contributed by atoms with Crippen molar-refractivity contribution in [1.82, 2.24) is 10.2 Å². The Kier molecular flexibility index (Phi) is 4.92. The molecule has 3 unspecified atom stereocenters. The fourth-order valence-corrected chi connectivity index (χ4v) is 5.09. The number of benzene rings is 1. The second kappa shape index (κ2) is 6.72. The Labute approximate surface area is 133 Å². The zero-order chi connectivity index (χ0) is 14.7. The fourth-order valence-electron chi connectivity index (χ4n) is 4.07. The molecular formula is C18H28N2S. The van der Waals surface area contributed by atoms with Gasteiger partial charge < -0.3 is 5.32 Å². The molecule has 116 valence electrons. The van der Waals surface area contributed by atoms with Gasteiger partial charge in [-0.1, -0.05) is 43.2 Å². The molecule has 3 rings (SSSR count). The van der Waals surface area contributed by atoms with Gasteiger partial charge in [0.2, 0.25) is 0 Å². The van der Waals surface area contributed by atoms with E-state index in [0.717, 1.165) is 24.4 Å². The summed E-state index contributed by atoms with van der Waals surface area (Å²) in [6.45, 7) is 5.80. The lowest BCUT2D eigenvalue weighted by Gasteiger charge is -2.48. The molecule has 3 heteroatoms. The van der Waals surface area contributed by atoms with Crippen LogP contribution in [0.4, 0.5) is 0 Å². The van der Waals surface area contributed by atoms with Gasteiger partial charge in [0.15, 0.2) is 0 Å². The van der Waals surface area contributed by atoms with E-state index in [1.54, 1.807) is 0 Å². The van der Waals surface area contributed by atoms with Gasteiger partial charge >= 0.3 is 0 Å². The smallest absolute Gasteiger partial charge is 0.0535 e. The highest BCUT2D eigenvalue weighted by Crippen LogP contribution is 2.34. The maximum Gasteiger partial charge on any atom is 0.0535 e. The van der Waals surface area contributed by atoms with E-state index in [0.29, 0.717) is 0 Å². The first-order valence-corrected chi connectivity index (χ1v) is 9.59. The van der Waals surface area contributed by atoms with Gasteiger partial charge in [0, 0.05) is 30.9 Å². The molecule has 2 fully saturated rings. The van der Waals surface area contributed by atoms with Crippen molar-refractivity contribution in [2.45, 2.75) is 49.4 Å². The minimum Gasteiger partial charge on any atom is -0.305 e. The standard InChI is InChI=1S/C18H28N2S/c1-18(15-8-4-3-5-9-15)14-20(13-12-19-18)16-10-6-7-11-17(16)21-2/h3-5,8-9,16-17,19H,6-7,10-14H2,1-2H3. The normalized spacial score (nSPS) is 34.8. The number of rotatable bonds is 3. The van der Waals surface area contributed by atoms with Crippen molar-refractivity contribution >= 4 is 11.8 Å². The summed E-state index contributed by atoms with van der Waals surface area (Å²) in [6, 6.07) is 11.7. The summed E-state index contributed by atoms with van der Waals surface area (Å²) in [5, 5.41) is 4.60. The molecule has 0 bridgehead atoms. The average molecular weight is 305 g/mol. The molecule has 3 atom stereocenters. The van der Waals surface area contributed by atoms with Crippen molar-refractivity contribution in [3.63, 3.8) is 0 Å². The van der Waals surface area contributed by atoms with Crippen LogP contribution in [0.25, 0.3) is 0 Å². The van der Waals surface area contributed by atoms with Crippen LogP contribution in [0.5, 0.6) is 0 Å². The molecule has 0 aromatic heterocycles. The molecule has 1 heterocycles. The largest absolute Gasteiger partial charge is 0.305 e. The van der Waals surface area contributed by atoms with Gasteiger partial charge in [-0.3, -0.25) is 4.90 Å². The zero-order valence-corrected chi connectivity index (χ0v) is 14.2. The molecule has 2 nitrogen and oxygen atoms in total. The molecule has 1 saturated carbocycles. The van der Waals surface area contributed by atoms with Crippen LogP contribution in [0.1, 0.15) is 38.2 Å². The van der Waals surface area contributed by atoms with Gasteiger partial charge in [-0.15, -0.1) is 0 Å². The van der Waals surface area contributed by atoms with Crippen LogP contribution in [0.15, 0.2) is 30.3 Å². The Morgan fingerprint density at radius 3 is 2.71 bits per heavy atom. The second-order valence-corrected chi connectivity index (χ2v) is 7.80. The van der Waals surface area contributed by atoms with E-state index in [9.17, 15) is 0 Å². The topological polar surface area (TPSA) is 15.3 Å². The molecular weight excluding hydrogens is 276 g/mol. The molecule has 0 amide bonds. The second-order valence-electron chi connectivity index (χ2n) is 6.72. The van der Waals surface area contributed by atoms with Crippen LogP contribution in [-0.4, -0.2) is 42.1 Å². The highest BCUT2D eigenvalue weighted by atomic mass is 32.2. The SMILES string of the molecule is CSC1CCCCC1N1CCNC(C)(c2ccccc2)C1. The van der Waals surface area contributed by atoms with Crippen molar-refractivity contribution in [1.29, 1.82) is 0 Å². The highest BCUT2D eigenvalue weighted by Gasteiger charge is 2.37. The van der Waals surface area contributed by atoms with Gasteiger partial charge in [-0.25, -0.2) is 0 Å². The summed E-state index contributed by atoms with van der Waals surface area (Å²) in [5.41, 5.74) is 1.52. The highest BCUT2D eigenvalue weighted by molar-refractivity contribution is 7.99. The maximum atomic E-state index is 3.77. The van der Waals surface area contributed by atoms with E-state index < -0.39 is 0 Å². The Morgan fingerprint density at radius 1 is 1.19 bits per heavy atom. The third-order valence-electron chi connectivity index (χ3n) is 5.28. The first-order chi connectivity index (χ1) is 10.2. The first kappa shape index (κ1) is 15.4. The number of hydrogen-bond acceptors (Lipinski definition) is 3. The van der Waals surface area contributed by atoms with E-state index in [-0.39, 0.29) is 5.54 Å². The van der Waals surface area contributed by atoms with Gasteiger partial charge in [-0.2, -0.15) is 11.8 Å². The van der Waals surface area contributed by atoms with Crippen LogP contribution < -0.4 is 5.32 Å². The predicted molar refractivity (Wildman–Crippen MR) is 92.9 cm³/mol. The summed E-state index contributed by atoms with van der Waals surface area (Å²) >= 11 is 2.08. The molecule has 21 heavy (non-hydrogen) atoms. The molecule has 1 aromatic carbocycles. The summed E-state index contributed by atoms with van der Waals surface area (Å²) in [5.74, 6) is 0. The van der Waals surface area contributed by atoms with Gasteiger partial charge in [0.25, 0.3) is 0 Å². The molecule has 1 saturated heterocycles. The van der Waals surface area contributed by atoms with Gasteiger partial charge in [0.1, 0.15) is 0 Å². The first-order valence-electron chi connectivity index (χ1n) is 8.30. The van der Waals surface area contributed by atoms with Crippen LogP contribution in [-0.2, 0) is 5.54 Å². The van der Waals surface area contributed by atoms with Gasteiger partial charge in [-0.05, 0) is 31.6 Å². The molecule has 2 aliphatic rings. The number of thioether (sulfide) groups is 1. The summed E-state index contributed by atoms with van der Waals surface area (Å²) in [6.07, 6.45) is 7.91. The van der Waals surface area contributed by atoms with Gasteiger partial charge in [0.05, 0.1) is 5.54 Å². The van der Waals surface area contributed by atoms with Crippen molar-refractivity contribution in [3.05, 3.63) is 35.9 Å². The van der Waals surface area contributed by atoms with Crippen molar-refractivity contribution in [2.75, 3.05) is 25.9 Å². The summed E-state index contributed by atoms with van der Waals surface area (Å²) < 4.78 is 0. The van der Waals surface area contributed by atoms with Crippen LogP contribution in [0.3, 0.4) is 0 Å². The van der Waals surface area contributed by atoms with E-state index >= 15 is 0 Å². The summed E-state index contributed by atoms with van der Waals surface area (Å²) in [7, 11) is 0. The van der Waals surface area contributed by atoms with Crippen molar-refractivity contribution in [3.8, 4) is 0 Å². The third kappa shape index (κ3) is 3.30. The third-order valence-corrected chi connectivity index (χ3v) is 6.44. The Hall–Kier alpha value is -0.510. The van der Waals surface area contributed by atoms with E-state index in [4.69, 9.17) is 0 Å². The zero-order valence-electron chi connectivity index (χ0n) is 13.3.